The van der Waals surface area contributed by atoms with Crippen molar-refractivity contribution in [2.45, 2.75) is 36.6 Å². The summed E-state index contributed by atoms with van der Waals surface area (Å²) in [5.74, 6) is 1.32. The van der Waals surface area contributed by atoms with Gasteiger partial charge in [0.1, 0.15) is 0 Å². The number of hydrogen-bond acceptors (Lipinski definition) is 7. The van der Waals surface area contributed by atoms with Gasteiger partial charge in [-0.05, 0) is 55.2 Å². The number of amides is 1. The first-order valence-corrected chi connectivity index (χ1v) is 11.3. The number of anilines is 1. The fraction of sp³-hybridized carbons (Fsp3) is 0.381. The van der Waals surface area contributed by atoms with Crippen LogP contribution in [0.3, 0.4) is 0 Å². The maximum atomic E-state index is 12.2. The molecule has 0 unspecified atom stereocenters. The van der Waals surface area contributed by atoms with Crippen molar-refractivity contribution < 1.29 is 27.4 Å². The summed E-state index contributed by atoms with van der Waals surface area (Å²) in [4.78, 5) is 12.4. The van der Waals surface area contributed by atoms with Gasteiger partial charge in [-0.3, -0.25) is 15.6 Å². The second-order valence-electron chi connectivity index (χ2n) is 7.09. The topological polar surface area (TPSA) is 115 Å². The zero-order chi connectivity index (χ0) is 22.4. The third-order valence-electron chi connectivity index (χ3n) is 4.82. The van der Waals surface area contributed by atoms with Gasteiger partial charge in [-0.1, -0.05) is 6.07 Å². The number of benzene rings is 2. The monoisotopic (exact) mass is 449 g/mol. The number of hydrogen-bond donors (Lipinski definition) is 3. The summed E-state index contributed by atoms with van der Waals surface area (Å²) in [7, 11) is 1.11. The molecule has 1 saturated carbocycles. The number of rotatable bonds is 11. The van der Waals surface area contributed by atoms with E-state index in [1.54, 1.807) is 25.3 Å². The van der Waals surface area contributed by atoms with Crippen molar-refractivity contribution in [3.63, 3.8) is 0 Å². The van der Waals surface area contributed by atoms with E-state index in [0.717, 1.165) is 18.4 Å². The lowest BCUT2D eigenvalue weighted by Crippen LogP contribution is -2.29. The third-order valence-corrected chi connectivity index (χ3v) is 6.35. The molecule has 0 heterocycles. The van der Waals surface area contributed by atoms with Gasteiger partial charge in [0.05, 0.1) is 31.9 Å². The summed E-state index contributed by atoms with van der Waals surface area (Å²) in [5.41, 5.74) is 6.78. The first kappa shape index (κ1) is 22.7. The second-order valence-corrected chi connectivity index (χ2v) is 8.80. The Labute approximate surface area is 182 Å². The van der Waals surface area contributed by atoms with Gasteiger partial charge < -0.3 is 14.2 Å². The average molecular weight is 450 g/mol. The second kappa shape index (κ2) is 9.88. The Bertz CT molecular complexity index is 1020. The molecule has 0 bridgehead atoms. The van der Waals surface area contributed by atoms with Gasteiger partial charge in [-0.2, -0.15) is 0 Å². The number of hydrazine groups is 1. The molecule has 3 N–H and O–H groups in total. The number of aryl methyl sites for hydroxylation is 1. The van der Waals surface area contributed by atoms with Gasteiger partial charge >= 0.3 is 0 Å². The molecule has 9 nitrogen and oxygen atoms in total. The summed E-state index contributed by atoms with van der Waals surface area (Å²) in [6.45, 7) is 0. The normalized spacial score (nSPS) is 13.4. The molecule has 2 aromatic carbocycles. The fourth-order valence-corrected chi connectivity index (χ4v) is 4.32. The molecular weight excluding hydrogens is 422 g/mol. The number of carbonyl (C=O) groups is 1. The lowest BCUT2D eigenvalue weighted by molar-refractivity contribution is -0.120. The Kier molecular flexibility index (Phi) is 7.24. The summed E-state index contributed by atoms with van der Waals surface area (Å²) >= 11 is 0. The van der Waals surface area contributed by atoms with Crippen molar-refractivity contribution in [3.8, 4) is 17.2 Å². The van der Waals surface area contributed by atoms with Crippen LogP contribution in [0, 0.1) is 0 Å². The van der Waals surface area contributed by atoms with Crippen LogP contribution in [0.5, 0.6) is 17.2 Å². The van der Waals surface area contributed by atoms with Gasteiger partial charge in [0.15, 0.2) is 11.5 Å². The molecule has 0 spiro atoms. The highest BCUT2D eigenvalue weighted by Crippen LogP contribution is 2.40. The van der Waals surface area contributed by atoms with E-state index >= 15 is 0 Å². The Morgan fingerprint density at radius 3 is 2.23 bits per heavy atom. The predicted octanol–water partition coefficient (Wildman–Crippen LogP) is 2.23. The largest absolute Gasteiger partial charge is 0.493 e. The van der Waals surface area contributed by atoms with Crippen LogP contribution in [0.1, 0.15) is 24.8 Å². The minimum atomic E-state index is -3.50. The van der Waals surface area contributed by atoms with E-state index in [-0.39, 0.29) is 23.3 Å². The highest BCUT2D eigenvalue weighted by Gasteiger charge is 2.27. The predicted molar refractivity (Wildman–Crippen MR) is 116 cm³/mol. The molecule has 0 atom stereocenters. The van der Waals surface area contributed by atoms with Crippen molar-refractivity contribution in [1.82, 2.24) is 10.1 Å². The zero-order valence-electron chi connectivity index (χ0n) is 17.7. The zero-order valence-corrected chi connectivity index (χ0v) is 18.5. The molecule has 1 amide bonds. The number of sulfonamides is 1. The molecule has 1 fully saturated rings. The van der Waals surface area contributed by atoms with E-state index in [0.29, 0.717) is 29.4 Å². The SMILES string of the molecule is COc1ccc(CCC(=O)NNc2ccc(S(=O)(=O)NC3CC3)cc2)c(OC)c1OC. The molecule has 1 aliphatic rings. The van der Waals surface area contributed by atoms with Gasteiger partial charge in [-0.15, -0.1) is 0 Å². The van der Waals surface area contributed by atoms with Gasteiger partial charge in [0.2, 0.25) is 21.7 Å². The van der Waals surface area contributed by atoms with Crippen LogP contribution >= 0.6 is 0 Å². The summed E-state index contributed by atoms with van der Waals surface area (Å²) in [6, 6.07) is 9.82. The smallest absolute Gasteiger partial charge is 0.240 e. The minimum Gasteiger partial charge on any atom is -0.493 e. The van der Waals surface area contributed by atoms with Crippen LogP contribution in [0.2, 0.25) is 0 Å². The van der Waals surface area contributed by atoms with Crippen molar-refractivity contribution in [1.29, 1.82) is 0 Å². The quantitative estimate of drug-likeness (QED) is 0.451. The molecule has 1 aliphatic carbocycles. The highest BCUT2D eigenvalue weighted by atomic mass is 32.2. The van der Waals surface area contributed by atoms with Crippen LogP contribution in [-0.4, -0.2) is 41.7 Å². The summed E-state index contributed by atoms with van der Waals surface area (Å²) in [5, 5.41) is 0. The van der Waals surface area contributed by atoms with E-state index < -0.39 is 10.0 Å². The van der Waals surface area contributed by atoms with Gasteiger partial charge in [-0.25, -0.2) is 13.1 Å². The first-order chi connectivity index (χ1) is 14.9. The van der Waals surface area contributed by atoms with E-state index in [4.69, 9.17) is 14.2 Å². The molecule has 0 saturated heterocycles. The van der Waals surface area contributed by atoms with Gasteiger partial charge in [0, 0.05) is 12.5 Å². The Morgan fingerprint density at radius 2 is 1.65 bits per heavy atom. The molecule has 0 aromatic heterocycles. The number of nitrogens with one attached hydrogen (secondary N) is 3. The third kappa shape index (κ3) is 5.80. The molecule has 168 valence electrons. The van der Waals surface area contributed by atoms with Crippen molar-refractivity contribution in [2.75, 3.05) is 26.8 Å². The maximum absolute atomic E-state index is 12.2. The van der Waals surface area contributed by atoms with E-state index in [1.807, 2.05) is 6.07 Å². The molecular formula is C21H27N3O6S. The van der Waals surface area contributed by atoms with E-state index in [1.165, 1.54) is 26.4 Å². The van der Waals surface area contributed by atoms with Crippen molar-refractivity contribution in [2.24, 2.45) is 0 Å². The van der Waals surface area contributed by atoms with E-state index in [9.17, 15) is 13.2 Å². The standard InChI is InChI=1S/C21H27N3O6S/c1-28-18-12-4-14(20(29-2)21(18)30-3)5-13-19(25)23-22-15-8-10-17(11-9-15)31(26,27)24-16-6-7-16/h4,8-12,16,22,24H,5-7,13H2,1-3H3,(H,23,25). The lowest BCUT2D eigenvalue weighted by atomic mass is 10.1. The molecule has 0 radical (unpaired) electrons. The molecule has 31 heavy (non-hydrogen) atoms. The molecule has 3 rings (SSSR count). The molecule has 2 aromatic rings. The van der Waals surface area contributed by atoms with Crippen molar-refractivity contribution >= 4 is 21.6 Å². The van der Waals surface area contributed by atoms with Crippen LogP contribution in [0.15, 0.2) is 41.3 Å². The number of methoxy groups -OCH3 is 3. The Morgan fingerprint density at radius 1 is 0.968 bits per heavy atom. The van der Waals surface area contributed by atoms with Crippen LogP contribution in [-0.2, 0) is 21.2 Å². The van der Waals surface area contributed by atoms with Gasteiger partial charge in [0.25, 0.3) is 0 Å². The highest BCUT2D eigenvalue weighted by molar-refractivity contribution is 7.89. The van der Waals surface area contributed by atoms with Crippen LogP contribution in [0.4, 0.5) is 5.69 Å². The van der Waals surface area contributed by atoms with Crippen LogP contribution < -0.4 is 29.8 Å². The summed E-state index contributed by atoms with van der Waals surface area (Å²) in [6.07, 6.45) is 2.39. The Hall–Kier alpha value is -2.98. The lowest BCUT2D eigenvalue weighted by Gasteiger charge is -2.15. The van der Waals surface area contributed by atoms with E-state index in [2.05, 4.69) is 15.6 Å². The van der Waals surface area contributed by atoms with Crippen molar-refractivity contribution in [3.05, 3.63) is 42.0 Å². The summed E-state index contributed by atoms with van der Waals surface area (Å²) < 4.78 is 43.1. The minimum absolute atomic E-state index is 0.0476. The molecule has 0 aliphatic heterocycles. The number of ether oxygens (including phenoxy) is 3. The molecule has 10 heteroatoms. The first-order valence-electron chi connectivity index (χ1n) is 9.83. The Balaban J connectivity index is 1.54. The van der Waals surface area contributed by atoms with Crippen LogP contribution in [0.25, 0.3) is 0 Å². The maximum Gasteiger partial charge on any atom is 0.240 e. The fourth-order valence-electron chi connectivity index (χ4n) is 3.02. The number of carbonyl (C=O) groups excluding carboxylic acids is 1. The average Bonchev–Trinajstić information content (AvgIpc) is 3.58.